The molecule has 0 aliphatic carbocycles. The Kier molecular flexibility index (Phi) is 5.21. The Labute approximate surface area is 151 Å². The highest BCUT2D eigenvalue weighted by Crippen LogP contribution is 2.39. The van der Waals surface area contributed by atoms with E-state index in [9.17, 15) is 13.2 Å². The van der Waals surface area contributed by atoms with Crippen LogP contribution in [0.1, 0.15) is 43.7 Å². The number of carbonyl (C=O) groups excluding carboxylic acids is 1. The van der Waals surface area contributed by atoms with Gasteiger partial charge in [-0.05, 0) is 38.7 Å². The molecule has 0 saturated carbocycles. The van der Waals surface area contributed by atoms with Crippen LogP contribution in [0.15, 0.2) is 24.3 Å². The molecule has 2 heterocycles. The fourth-order valence-electron chi connectivity index (χ4n) is 4.11. The van der Waals surface area contributed by atoms with Gasteiger partial charge in [0.2, 0.25) is 15.9 Å². The second kappa shape index (κ2) is 7.08. The van der Waals surface area contributed by atoms with Crippen molar-refractivity contribution in [1.82, 2.24) is 9.21 Å². The first-order valence-corrected chi connectivity index (χ1v) is 10.8. The molecule has 2 aliphatic rings. The molecule has 3 rings (SSSR count). The third-order valence-electron chi connectivity index (χ3n) is 5.62. The number of aryl methyl sites for hydroxylation is 1. The van der Waals surface area contributed by atoms with E-state index in [4.69, 9.17) is 0 Å². The second-order valence-electron chi connectivity index (χ2n) is 7.59. The van der Waals surface area contributed by atoms with Crippen molar-refractivity contribution in [1.29, 1.82) is 0 Å². The molecule has 1 spiro atoms. The molecule has 1 atom stereocenters. The van der Waals surface area contributed by atoms with Crippen LogP contribution in [0.3, 0.4) is 0 Å². The Hall–Kier alpha value is -1.40. The van der Waals surface area contributed by atoms with Crippen LogP contribution in [0.5, 0.6) is 0 Å². The van der Waals surface area contributed by atoms with E-state index in [-0.39, 0.29) is 17.1 Å². The molecular weight excluding hydrogens is 336 g/mol. The molecule has 6 heteroatoms. The average molecular weight is 365 g/mol. The molecule has 5 nitrogen and oxygen atoms in total. The summed E-state index contributed by atoms with van der Waals surface area (Å²) in [5.74, 6) is 0.257. The maximum atomic E-state index is 12.9. The van der Waals surface area contributed by atoms with Gasteiger partial charge in [0, 0.05) is 38.0 Å². The average Bonchev–Trinajstić information content (AvgIpc) is 2.59. The van der Waals surface area contributed by atoms with Gasteiger partial charge in [0.05, 0.1) is 5.75 Å². The quantitative estimate of drug-likeness (QED) is 0.825. The number of nitrogens with zero attached hydrogens (tertiary/aromatic N) is 2. The molecule has 0 aromatic heterocycles. The van der Waals surface area contributed by atoms with E-state index in [0.29, 0.717) is 32.6 Å². The third-order valence-corrected chi connectivity index (χ3v) is 7.42. The Morgan fingerprint density at radius 3 is 2.52 bits per heavy atom. The van der Waals surface area contributed by atoms with Crippen LogP contribution in [-0.4, -0.2) is 49.7 Å². The number of hydrogen-bond donors (Lipinski definition) is 0. The number of piperidine rings is 2. The summed E-state index contributed by atoms with van der Waals surface area (Å²) in [7, 11) is -3.33. The van der Waals surface area contributed by atoms with Crippen molar-refractivity contribution in [3.63, 3.8) is 0 Å². The first-order valence-electron chi connectivity index (χ1n) is 9.15. The van der Waals surface area contributed by atoms with Crippen molar-refractivity contribution in [2.75, 3.05) is 26.2 Å². The van der Waals surface area contributed by atoms with Crippen LogP contribution in [0.4, 0.5) is 0 Å². The van der Waals surface area contributed by atoms with Crippen LogP contribution in [0.2, 0.25) is 0 Å². The number of rotatable bonds is 4. The summed E-state index contributed by atoms with van der Waals surface area (Å²) in [6, 6.07) is 7.69. The number of likely N-dealkylation sites (tertiary alicyclic amines) is 1. The summed E-state index contributed by atoms with van der Waals surface area (Å²) in [6.45, 7) is 6.53. The Morgan fingerprint density at radius 2 is 1.84 bits per heavy atom. The maximum absolute atomic E-state index is 12.9. The van der Waals surface area contributed by atoms with E-state index < -0.39 is 10.0 Å². The van der Waals surface area contributed by atoms with Gasteiger partial charge in [-0.15, -0.1) is 0 Å². The number of hydrogen-bond acceptors (Lipinski definition) is 3. The van der Waals surface area contributed by atoms with Gasteiger partial charge < -0.3 is 4.90 Å². The lowest BCUT2D eigenvalue weighted by molar-refractivity contribution is -0.138. The standard InChI is InChI=1S/C19H28N2O3S/c1-3-20-14-19(11-9-18(20)22)10-4-12-21(15-19)25(23,24)13-17-7-5-16(2)6-8-17/h5-8H,3-4,9-15H2,1-2H3/t19-/m1/s1. The van der Waals surface area contributed by atoms with Crippen molar-refractivity contribution < 1.29 is 13.2 Å². The lowest BCUT2D eigenvalue weighted by Gasteiger charge is -2.47. The number of carbonyl (C=O) groups is 1. The van der Waals surface area contributed by atoms with E-state index in [1.807, 2.05) is 43.0 Å². The van der Waals surface area contributed by atoms with Gasteiger partial charge in [-0.3, -0.25) is 4.79 Å². The SMILES string of the molecule is CCN1C[C@@]2(CCCN(S(=O)(=O)Cc3ccc(C)cc3)C2)CCC1=O. The largest absolute Gasteiger partial charge is 0.342 e. The fraction of sp³-hybridized carbons (Fsp3) is 0.632. The molecule has 2 saturated heterocycles. The summed E-state index contributed by atoms with van der Waals surface area (Å²) < 4.78 is 27.5. The minimum absolute atomic E-state index is 0.0553. The van der Waals surface area contributed by atoms with E-state index in [0.717, 1.165) is 30.4 Å². The molecule has 0 N–H and O–H groups in total. The molecule has 0 radical (unpaired) electrons. The van der Waals surface area contributed by atoms with Crippen molar-refractivity contribution in [2.45, 2.75) is 45.3 Å². The predicted molar refractivity (Wildman–Crippen MR) is 98.5 cm³/mol. The van der Waals surface area contributed by atoms with E-state index in [2.05, 4.69) is 0 Å². The van der Waals surface area contributed by atoms with Crippen LogP contribution in [-0.2, 0) is 20.6 Å². The zero-order valence-electron chi connectivity index (χ0n) is 15.2. The van der Waals surface area contributed by atoms with Crippen LogP contribution >= 0.6 is 0 Å². The fourth-order valence-corrected chi connectivity index (χ4v) is 5.78. The Morgan fingerprint density at radius 1 is 1.12 bits per heavy atom. The van der Waals surface area contributed by atoms with Gasteiger partial charge in [0.25, 0.3) is 0 Å². The molecule has 25 heavy (non-hydrogen) atoms. The van der Waals surface area contributed by atoms with E-state index in [1.54, 1.807) is 4.31 Å². The smallest absolute Gasteiger partial charge is 0.222 e. The molecule has 138 valence electrons. The second-order valence-corrected chi connectivity index (χ2v) is 9.56. The first kappa shape index (κ1) is 18.4. The zero-order chi connectivity index (χ0) is 18.1. The Bertz CT molecular complexity index is 730. The van der Waals surface area contributed by atoms with Gasteiger partial charge >= 0.3 is 0 Å². The van der Waals surface area contributed by atoms with Crippen LogP contribution in [0.25, 0.3) is 0 Å². The predicted octanol–water partition coefficient (Wildman–Crippen LogP) is 2.55. The monoisotopic (exact) mass is 364 g/mol. The number of sulfonamides is 1. The summed E-state index contributed by atoms with van der Waals surface area (Å²) in [5.41, 5.74) is 1.89. The summed E-state index contributed by atoms with van der Waals surface area (Å²) in [5, 5.41) is 0. The lowest BCUT2D eigenvalue weighted by Crippen LogP contribution is -2.55. The van der Waals surface area contributed by atoms with Crippen molar-refractivity contribution in [3.05, 3.63) is 35.4 Å². The highest BCUT2D eigenvalue weighted by atomic mass is 32.2. The van der Waals surface area contributed by atoms with Gasteiger partial charge in [-0.1, -0.05) is 29.8 Å². The lowest BCUT2D eigenvalue weighted by atomic mass is 9.74. The van der Waals surface area contributed by atoms with E-state index >= 15 is 0 Å². The molecular formula is C19H28N2O3S. The Balaban J connectivity index is 1.74. The first-order chi connectivity index (χ1) is 11.8. The topological polar surface area (TPSA) is 57.7 Å². The molecule has 0 bridgehead atoms. The molecule has 2 fully saturated rings. The summed E-state index contributed by atoms with van der Waals surface area (Å²) in [6.07, 6.45) is 3.23. The number of amides is 1. The highest BCUT2D eigenvalue weighted by Gasteiger charge is 2.43. The van der Waals surface area contributed by atoms with Gasteiger partial charge in [-0.25, -0.2) is 12.7 Å². The molecule has 2 aliphatic heterocycles. The van der Waals surface area contributed by atoms with Gasteiger partial charge in [0.1, 0.15) is 0 Å². The summed E-state index contributed by atoms with van der Waals surface area (Å²) >= 11 is 0. The minimum Gasteiger partial charge on any atom is -0.342 e. The maximum Gasteiger partial charge on any atom is 0.222 e. The van der Waals surface area contributed by atoms with E-state index in [1.165, 1.54) is 0 Å². The molecule has 0 unspecified atom stereocenters. The minimum atomic E-state index is -3.33. The van der Waals surface area contributed by atoms with Crippen molar-refractivity contribution >= 4 is 15.9 Å². The summed E-state index contributed by atoms with van der Waals surface area (Å²) in [4.78, 5) is 13.9. The van der Waals surface area contributed by atoms with Crippen molar-refractivity contribution in [3.8, 4) is 0 Å². The van der Waals surface area contributed by atoms with Gasteiger partial charge in [0.15, 0.2) is 0 Å². The normalized spacial score (nSPS) is 25.5. The van der Waals surface area contributed by atoms with Crippen LogP contribution in [0, 0.1) is 12.3 Å². The zero-order valence-corrected chi connectivity index (χ0v) is 16.0. The highest BCUT2D eigenvalue weighted by molar-refractivity contribution is 7.88. The molecule has 1 aromatic carbocycles. The van der Waals surface area contributed by atoms with Crippen molar-refractivity contribution in [2.24, 2.45) is 5.41 Å². The molecule has 1 amide bonds. The molecule has 1 aromatic rings. The number of benzene rings is 1. The van der Waals surface area contributed by atoms with Gasteiger partial charge in [-0.2, -0.15) is 0 Å². The third kappa shape index (κ3) is 4.06. The van der Waals surface area contributed by atoms with Crippen LogP contribution < -0.4 is 0 Å².